The number of aryl methyl sites for hydroxylation is 2. The summed E-state index contributed by atoms with van der Waals surface area (Å²) in [5.74, 6) is 0.885. The van der Waals surface area contributed by atoms with Gasteiger partial charge in [0, 0.05) is 63.4 Å². The maximum Gasteiger partial charge on any atom is 0.170 e. The van der Waals surface area contributed by atoms with Crippen molar-refractivity contribution in [1.82, 2.24) is 25.1 Å². The summed E-state index contributed by atoms with van der Waals surface area (Å²) in [5, 5.41) is 10.4. The molecule has 1 aliphatic heterocycles. The van der Waals surface area contributed by atoms with Gasteiger partial charge < -0.3 is 25.3 Å². The number of hydrogen-bond donors (Lipinski definition) is 3. The van der Waals surface area contributed by atoms with Gasteiger partial charge in [-0.1, -0.05) is 0 Å². The zero-order valence-corrected chi connectivity index (χ0v) is 17.3. The quantitative estimate of drug-likeness (QED) is 0.437. The number of benzene rings is 1. The summed E-state index contributed by atoms with van der Waals surface area (Å²) < 4.78 is 7.99. The second-order valence-corrected chi connectivity index (χ2v) is 7.34. The van der Waals surface area contributed by atoms with E-state index in [2.05, 4.69) is 37.3 Å². The number of rotatable bonds is 9. The lowest BCUT2D eigenvalue weighted by Crippen LogP contribution is -2.44. The monoisotopic (exact) mass is 402 g/mol. The summed E-state index contributed by atoms with van der Waals surface area (Å²) in [6, 6.07) is 7.93. The lowest BCUT2D eigenvalue weighted by molar-refractivity contribution is 0.191. The molecule has 28 heavy (non-hydrogen) atoms. The second-order valence-electron chi connectivity index (χ2n) is 6.93. The standard InChI is InChI=1S/C20H30N6OS/c1-17-15-22-16-26(17)10-2-7-23-20(28)24-18-3-5-19(6-4-18)27-14-13-25-11-8-21-9-12-25/h3-6,15-16,21H,2,7-14H2,1H3,(H2,23,24,28). The normalized spacial score (nSPS) is 14.6. The highest BCUT2D eigenvalue weighted by molar-refractivity contribution is 7.80. The van der Waals surface area contributed by atoms with Crippen LogP contribution in [0.5, 0.6) is 5.75 Å². The van der Waals surface area contributed by atoms with Crippen molar-refractivity contribution >= 4 is 23.0 Å². The molecule has 0 saturated carbocycles. The molecule has 1 aromatic heterocycles. The van der Waals surface area contributed by atoms with E-state index in [1.807, 2.05) is 36.8 Å². The van der Waals surface area contributed by atoms with Crippen LogP contribution >= 0.6 is 12.2 Å². The minimum atomic E-state index is 0.634. The van der Waals surface area contributed by atoms with Gasteiger partial charge in [0.2, 0.25) is 0 Å². The first-order chi connectivity index (χ1) is 13.7. The molecule has 2 aromatic rings. The van der Waals surface area contributed by atoms with Crippen molar-refractivity contribution in [2.45, 2.75) is 19.9 Å². The molecular formula is C20H30N6OS. The minimum absolute atomic E-state index is 0.634. The van der Waals surface area contributed by atoms with Crippen molar-refractivity contribution in [3.63, 3.8) is 0 Å². The van der Waals surface area contributed by atoms with E-state index in [0.717, 1.165) is 63.7 Å². The number of imidazole rings is 1. The number of nitrogens with zero attached hydrogens (tertiary/aromatic N) is 3. The highest BCUT2D eigenvalue weighted by Crippen LogP contribution is 2.15. The Hall–Kier alpha value is -2.16. The van der Waals surface area contributed by atoms with E-state index in [-0.39, 0.29) is 0 Å². The molecule has 0 amide bonds. The predicted molar refractivity (Wildman–Crippen MR) is 117 cm³/mol. The molecule has 7 nitrogen and oxygen atoms in total. The van der Waals surface area contributed by atoms with Crippen molar-refractivity contribution in [1.29, 1.82) is 0 Å². The lowest BCUT2D eigenvalue weighted by Gasteiger charge is -2.26. The fraction of sp³-hybridized carbons (Fsp3) is 0.500. The average Bonchev–Trinajstić information content (AvgIpc) is 3.12. The van der Waals surface area contributed by atoms with E-state index in [0.29, 0.717) is 11.7 Å². The molecule has 1 aromatic carbocycles. The van der Waals surface area contributed by atoms with Crippen molar-refractivity contribution in [3.05, 3.63) is 42.5 Å². The Morgan fingerprint density at radius 3 is 2.71 bits per heavy atom. The van der Waals surface area contributed by atoms with Crippen LogP contribution in [0.15, 0.2) is 36.8 Å². The smallest absolute Gasteiger partial charge is 0.170 e. The van der Waals surface area contributed by atoms with Crippen LogP contribution in [-0.4, -0.2) is 65.4 Å². The summed E-state index contributed by atoms with van der Waals surface area (Å²) >= 11 is 5.37. The van der Waals surface area contributed by atoms with Crippen molar-refractivity contribution in [3.8, 4) is 5.75 Å². The SMILES string of the molecule is Cc1cncn1CCCNC(=S)Nc1ccc(OCCN2CCNCC2)cc1. The number of aromatic nitrogens is 2. The molecule has 0 bridgehead atoms. The van der Waals surface area contributed by atoms with Crippen molar-refractivity contribution in [2.75, 3.05) is 51.2 Å². The fourth-order valence-corrected chi connectivity index (χ4v) is 3.33. The summed E-state index contributed by atoms with van der Waals surface area (Å²) in [7, 11) is 0. The number of anilines is 1. The van der Waals surface area contributed by atoms with Gasteiger partial charge in [-0.25, -0.2) is 4.98 Å². The first-order valence-electron chi connectivity index (χ1n) is 9.88. The van der Waals surface area contributed by atoms with Gasteiger partial charge in [-0.15, -0.1) is 0 Å². The van der Waals surface area contributed by atoms with E-state index >= 15 is 0 Å². The summed E-state index contributed by atoms with van der Waals surface area (Å²) in [4.78, 5) is 6.55. The Kier molecular flexibility index (Phi) is 8.07. The van der Waals surface area contributed by atoms with Crippen LogP contribution in [0.3, 0.4) is 0 Å². The number of ether oxygens (including phenoxy) is 1. The third-order valence-corrected chi connectivity index (χ3v) is 5.03. The Balaban J connectivity index is 1.30. The Labute approximate surface area is 172 Å². The van der Waals surface area contributed by atoms with Gasteiger partial charge >= 0.3 is 0 Å². The van der Waals surface area contributed by atoms with Crippen LogP contribution in [0, 0.1) is 6.92 Å². The fourth-order valence-electron chi connectivity index (χ4n) is 3.11. The first-order valence-corrected chi connectivity index (χ1v) is 10.3. The van der Waals surface area contributed by atoms with Crippen LogP contribution in [0.25, 0.3) is 0 Å². The Morgan fingerprint density at radius 1 is 1.21 bits per heavy atom. The first kappa shape index (κ1) is 20.6. The topological polar surface area (TPSA) is 66.4 Å². The molecule has 8 heteroatoms. The summed E-state index contributed by atoms with van der Waals surface area (Å²) in [6.45, 7) is 9.81. The molecule has 3 rings (SSSR count). The maximum atomic E-state index is 5.85. The zero-order valence-electron chi connectivity index (χ0n) is 16.5. The molecule has 1 aliphatic rings. The zero-order chi connectivity index (χ0) is 19.6. The van der Waals surface area contributed by atoms with E-state index in [1.165, 1.54) is 5.69 Å². The van der Waals surface area contributed by atoms with E-state index in [4.69, 9.17) is 17.0 Å². The van der Waals surface area contributed by atoms with Crippen LogP contribution in [0.2, 0.25) is 0 Å². The summed E-state index contributed by atoms with van der Waals surface area (Å²) in [6.07, 6.45) is 4.72. The minimum Gasteiger partial charge on any atom is -0.492 e. The molecule has 0 spiro atoms. The van der Waals surface area contributed by atoms with Crippen LogP contribution in [-0.2, 0) is 6.54 Å². The van der Waals surface area contributed by atoms with Gasteiger partial charge in [-0.05, 0) is 49.8 Å². The van der Waals surface area contributed by atoms with E-state index in [9.17, 15) is 0 Å². The van der Waals surface area contributed by atoms with Crippen LogP contribution in [0.1, 0.15) is 12.1 Å². The highest BCUT2D eigenvalue weighted by atomic mass is 32.1. The molecule has 1 fully saturated rings. The summed E-state index contributed by atoms with van der Waals surface area (Å²) in [5.41, 5.74) is 2.13. The predicted octanol–water partition coefficient (Wildman–Crippen LogP) is 1.85. The van der Waals surface area contributed by atoms with Gasteiger partial charge in [0.25, 0.3) is 0 Å². The molecule has 0 unspecified atom stereocenters. The Morgan fingerprint density at radius 2 is 2.00 bits per heavy atom. The van der Waals surface area contributed by atoms with Gasteiger partial charge in [-0.3, -0.25) is 4.90 Å². The van der Waals surface area contributed by atoms with Gasteiger partial charge in [0.15, 0.2) is 5.11 Å². The van der Waals surface area contributed by atoms with Crippen LogP contribution in [0.4, 0.5) is 5.69 Å². The number of nitrogens with one attached hydrogen (secondary N) is 3. The number of thiocarbonyl (C=S) groups is 1. The van der Waals surface area contributed by atoms with E-state index in [1.54, 1.807) is 0 Å². The molecule has 1 saturated heterocycles. The molecule has 2 heterocycles. The molecule has 0 aliphatic carbocycles. The number of piperazine rings is 1. The molecular weight excluding hydrogens is 372 g/mol. The molecule has 3 N–H and O–H groups in total. The molecule has 0 atom stereocenters. The Bertz CT molecular complexity index is 727. The third-order valence-electron chi connectivity index (χ3n) is 4.78. The van der Waals surface area contributed by atoms with Gasteiger partial charge in [-0.2, -0.15) is 0 Å². The molecule has 152 valence electrons. The number of hydrogen-bond acceptors (Lipinski definition) is 5. The highest BCUT2D eigenvalue weighted by Gasteiger charge is 2.08. The lowest BCUT2D eigenvalue weighted by atomic mass is 10.3. The second kappa shape index (κ2) is 11.0. The van der Waals surface area contributed by atoms with Gasteiger partial charge in [0.05, 0.1) is 6.33 Å². The maximum absolute atomic E-state index is 5.85. The van der Waals surface area contributed by atoms with Crippen LogP contribution < -0.4 is 20.7 Å². The van der Waals surface area contributed by atoms with E-state index < -0.39 is 0 Å². The average molecular weight is 403 g/mol. The third kappa shape index (κ3) is 6.78. The van der Waals surface area contributed by atoms with Crippen molar-refractivity contribution in [2.24, 2.45) is 0 Å². The molecule has 0 radical (unpaired) electrons. The van der Waals surface area contributed by atoms with Gasteiger partial charge in [0.1, 0.15) is 12.4 Å². The van der Waals surface area contributed by atoms with Crippen molar-refractivity contribution < 1.29 is 4.74 Å². The largest absolute Gasteiger partial charge is 0.492 e.